The molecule has 0 spiro atoms. The average molecular weight is 247 g/mol. The molecule has 0 N–H and O–H groups in total. The minimum Gasteiger partial charge on any atom is -0.377 e. The molecule has 2 aliphatic heterocycles. The van der Waals surface area contributed by atoms with Gasteiger partial charge in [-0.25, -0.2) is 0 Å². The third-order valence-corrected chi connectivity index (χ3v) is 3.31. The Morgan fingerprint density at radius 2 is 2.33 bits per heavy atom. The van der Waals surface area contributed by atoms with Crippen LogP contribution >= 0.6 is 23.2 Å². The summed E-state index contributed by atoms with van der Waals surface area (Å²) in [6.07, 6.45) is 6.31. The second-order valence-electron chi connectivity index (χ2n) is 4.00. The number of halogens is 2. The Labute approximate surface area is 99.3 Å². The van der Waals surface area contributed by atoms with Gasteiger partial charge in [0.1, 0.15) is 0 Å². The maximum absolute atomic E-state index is 5.42. The highest BCUT2D eigenvalue weighted by molar-refractivity contribution is 6.95. The molecule has 4 atom stereocenters. The maximum atomic E-state index is 5.42. The van der Waals surface area contributed by atoms with Gasteiger partial charge in [0.25, 0.3) is 0 Å². The Balaban J connectivity index is 1.96. The van der Waals surface area contributed by atoms with E-state index >= 15 is 0 Å². The molecule has 2 fully saturated rings. The molecule has 15 heavy (non-hydrogen) atoms. The largest absolute Gasteiger partial charge is 0.377 e. The molecule has 5 heteroatoms. The molecule has 2 rings (SSSR count). The van der Waals surface area contributed by atoms with Crippen molar-refractivity contribution in [2.45, 2.75) is 12.5 Å². The summed E-state index contributed by atoms with van der Waals surface area (Å²) in [7, 11) is 0. The van der Waals surface area contributed by atoms with E-state index in [1.165, 1.54) is 13.0 Å². The first kappa shape index (κ1) is 11.1. The Morgan fingerprint density at radius 1 is 1.53 bits per heavy atom. The van der Waals surface area contributed by atoms with E-state index in [0.29, 0.717) is 11.8 Å². The summed E-state index contributed by atoms with van der Waals surface area (Å²) in [6.45, 7) is 3.30. The smallest absolute Gasteiger partial charge is 0.235 e. The van der Waals surface area contributed by atoms with Gasteiger partial charge >= 0.3 is 0 Å². The molecular weight excluding hydrogens is 235 g/mol. The van der Waals surface area contributed by atoms with Gasteiger partial charge in [0.2, 0.25) is 4.63 Å². The number of fused-ring (bicyclic) bond motifs is 2. The summed E-state index contributed by atoms with van der Waals surface area (Å²) in [5, 5.41) is 3.51. The molecule has 3 nitrogen and oxygen atoms in total. The molecule has 4 unspecified atom stereocenters. The monoisotopic (exact) mass is 246 g/mol. The second kappa shape index (κ2) is 4.61. The summed E-state index contributed by atoms with van der Waals surface area (Å²) in [4.78, 5) is 7.55. The van der Waals surface area contributed by atoms with Crippen molar-refractivity contribution in [1.82, 2.24) is 4.90 Å². The lowest BCUT2D eigenvalue weighted by molar-refractivity contribution is 0.0399. The van der Waals surface area contributed by atoms with E-state index in [2.05, 4.69) is 16.0 Å². The van der Waals surface area contributed by atoms with Crippen LogP contribution in [0, 0.1) is 24.2 Å². The molecule has 2 heterocycles. The van der Waals surface area contributed by atoms with Crippen molar-refractivity contribution in [3.05, 3.63) is 0 Å². The van der Waals surface area contributed by atoms with E-state index in [1.54, 1.807) is 0 Å². The number of piperidine rings is 1. The predicted octanol–water partition coefficient (Wildman–Crippen LogP) is 1.71. The molecule has 2 bridgehead atoms. The lowest BCUT2D eigenvalue weighted by atomic mass is 9.88. The molecule has 0 amide bonds. The van der Waals surface area contributed by atoms with Gasteiger partial charge in [0.05, 0.1) is 0 Å². The van der Waals surface area contributed by atoms with Crippen LogP contribution in [-0.2, 0) is 4.84 Å². The van der Waals surface area contributed by atoms with Crippen molar-refractivity contribution in [1.29, 1.82) is 0 Å². The van der Waals surface area contributed by atoms with Crippen LogP contribution in [0.15, 0.2) is 5.16 Å². The van der Waals surface area contributed by atoms with Crippen LogP contribution in [0.3, 0.4) is 0 Å². The third kappa shape index (κ3) is 2.39. The highest BCUT2D eigenvalue weighted by Gasteiger charge is 2.42. The lowest BCUT2D eigenvalue weighted by Gasteiger charge is -2.25. The zero-order chi connectivity index (χ0) is 10.8. The number of terminal acetylenes is 1. The van der Waals surface area contributed by atoms with Gasteiger partial charge in [-0.05, 0) is 42.1 Å². The van der Waals surface area contributed by atoms with Gasteiger partial charge < -0.3 is 9.74 Å². The molecule has 0 aromatic carbocycles. The maximum Gasteiger partial charge on any atom is 0.235 e. The Hall–Kier alpha value is -0.430. The summed E-state index contributed by atoms with van der Waals surface area (Å²) >= 11 is 10.8. The van der Waals surface area contributed by atoms with Crippen LogP contribution in [0.5, 0.6) is 0 Å². The minimum atomic E-state index is -0.312. The van der Waals surface area contributed by atoms with Crippen LogP contribution in [0.1, 0.15) is 6.42 Å². The number of hydrogen-bond acceptors (Lipinski definition) is 3. The first-order chi connectivity index (χ1) is 7.20. The van der Waals surface area contributed by atoms with Crippen molar-refractivity contribution >= 4 is 27.8 Å². The van der Waals surface area contributed by atoms with Crippen LogP contribution in [-0.4, -0.2) is 35.3 Å². The highest BCUT2D eigenvalue weighted by Crippen LogP contribution is 2.35. The summed E-state index contributed by atoms with van der Waals surface area (Å²) in [6, 6.07) is 0. The normalized spacial score (nSPS) is 34.6. The topological polar surface area (TPSA) is 24.8 Å². The van der Waals surface area contributed by atoms with E-state index in [1.807, 2.05) is 0 Å². The van der Waals surface area contributed by atoms with Gasteiger partial charge in [-0.3, -0.25) is 0 Å². The second-order valence-corrected chi connectivity index (χ2v) is 4.91. The SMILES string of the molecule is C#CC(ON=C(Cl)Cl)C1CN2CCC1C2. The summed E-state index contributed by atoms with van der Waals surface area (Å²) < 4.78 is -0.140. The van der Waals surface area contributed by atoms with Crippen molar-refractivity contribution in [3.63, 3.8) is 0 Å². The first-order valence-electron chi connectivity index (χ1n) is 4.94. The van der Waals surface area contributed by atoms with Gasteiger partial charge in [0.15, 0.2) is 6.10 Å². The molecule has 0 aromatic rings. The van der Waals surface area contributed by atoms with E-state index in [-0.39, 0.29) is 10.7 Å². The predicted molar refractivity (Wildman–Crippen MR) is 60.9 cm³/mol. The number of nitrogens with zero attached hydrogens (tertiary/aromatic N) is 2. The zero-order valence-corrected chi connectivity index (χ0v) is 9.71. The number of hydrogen-bond donors (Lipinski definition) is 0. The van der Waals surface area contributed by atoms with Crippen molar-refractivity contribution < 1.29 is 4.84 Å². The van der Waals surface area contributed by atoms with E-state index in [4.69, 9.17) is 34.5 Å². The fraction of sp³-hybridized carbons (Fsp3) is 0.700. The third-order valence-electron chi connectivity index (χ3n) is 3.17. The standard InChI is InChI=1S/C10H12Cl2N2O/c1-2-9(15-13-10(11)12)8-6-14-4-3-7(8)5-14/h1,7-9H,3-6H2. The Bertz CT molecular complexity index is 309. The molecule has 82 valence electrons. The average Bonchev–Trinajstić information content (AvgIpc) is 2.79. The Morgan fingerprint density at radius 3 is 2.80 bits per heavy atom. The lowest BCUT2D eigenvalue weighted by Crippen LogP contribution is -2.32. The summed E-state index contributed by atoms with van der Waals surface area (Å²) in [5.41, 5.74) is 0. The quantitative estimate of drug-likeness (QED) is 0.431. The van der Waals surface area contributed by atoms with Crippen molar-refractivity contribution in [2.75, 3.05) is 19.6 Å². The molecule has 2 aliphatic rings. The molecule has 2 saturated heterocycles. The fourth-order valence-electron chi connectivity index (χ4n) is 2.50. The molecule has 0 aromatic heterocycles. The van der Waals surface area contributed by atoms with Crippen molar-refractivity contribution in [2.24, 2.45) is 17.0 Å². The molecule has 0 aliphatic carbocycles. The number of oxime groups is 1. The summed E-state index contributed by atoms with van der Waals surface area (Å²) in [5.74, 6) is 3.61. The highest BCUT2D eigenvalue weighted by atomic mass is 35.5. The van der Waals surface area contributed by atoms with Gasteiger partial charge in [0, 0.05) is 19.0 Å². The van der Waals surface area contributed by atoms with Crippen LogP contribution < -0.4 is 0 Å². The van der Waals surface area contributed by atoms with E-state index < -0.39 is 0 Å². The molecular formula is C10H12Cl2N2O. The molecule has 0 saturated carbocycles. The Kier molecular flexibility index (Phi) is 3.40. The first-order valence-corrected chi connectivity index (χ1v) is 5.69. The van der Waals surface area contributed by atoms with Crippen LogP contribution in [0.25, 0.3) is 0 Å². The van der Waals surface area contributed by atoms with Crippen LogP contribution in [0.4, 0.5) is 0 Å². The zero-order valence-electron chi connectivity index (χ0n) is 8.20. The van der Waals surface area contributed by atoms with E-state index in [9.17, 15) is 0 Å². The van der Waals surface area contributed by atoms with E-state index in [0.717, 1.165) is 13.1 Å². The van der Waals surface area contributed by atoms with Gasteiger partial charge in [-0.2, -0.15) is 0 Å². The minimum absolute atomic E-state index is 0.140. The number of rotatable bonds is 3. The molecule has 0 radical (unpaired) electrons. The van der Waals surface area contributed by atoms with Gasteiger partial charge in [-0.1, -0.05) is 11.1 Å². The van der Waals surface area contributed by atoms with Crippen molar-refractivity contribution in [3.8, 4) is 12.3 Å². The van der Waals surface area contributed by atoms with Gasteiger partial charge in [-0.15, -0.1) is 6.42 Å². The van der Waals surface area contributed by atoms with Crippen LogP contribution in [0.2, 0.25) is 0 Å². The fourth-order valence-corrected chi connectivity index (χ4v) is 2.58.